The second kappa shape index (κ2) is 16.7. The second-order valence-corrected chi connectivity index (χ2v) is 17.9. The van der Waals surface area contributed by atoms with Gasteiger partial charge in [0.2, 0.25) is 5.91 Å². The smallest absolute Gasteiger partial charge is 0.329 e. The number of benzene rings is 3. The molecule has 62 heavy (non-hydrogen) atoms. The third-order valence-electron chi connectivity index (χ3n) is 12.5. The highest BCUT2D eigenvalue weighted by Crippen LogP contribution is 2.33. The fourth-order valence-electron chi connectivity index (χ4n) is 8.84. The molecule has 15 nitrogen and oxygen atoms in total. The number of H-pyrrole nitrogens is 1. The maximum atomic E-state index is 12.9. The molecule has 3 aliphatic heterocycles. The van der Waals surface area contributed by atoms with Gasteiger partial charge in [-0.15, -0.1) is 0 Å². The molecule has 3 saturated heterocycles. The van der Waals surface area contributed by atoms with E-state index in [9.17, 15) is 14.4 Å². The molecular weight excluding hydrogens is 783 g/mol. The van der Waals surface area contributed by atoms with Gasteiger partial charge in [0.1, 0.15) is 6.54 Å². The van der Waals surface area contributed by atoms with Gasteiger partial charge < -0.3 is 19.6 Å². The fourth-order valence-corrected chi connectivity index (χ4v) is 8.84. The predicted octanol–water partition coefficient (Wildman–Crippen LogP) is 6.87. The average Bonchev–Trinajstić information content (AvgIpc) is 4.03. The minimum absolute atomic E-state index is 0.0453. The zero-order chi connectivity index (χ0) is 43.1. The number of nitrogens with zero attached hydrogens (tertiary/aromatic N) is 8. The molecule has 1 unspecified atom stereocenters. The van der Waals surface area contributed by atoms with Crippen LogP contribution in [0.25, 0.3) is 33.4 Å². The van der Waals surface area contributed by atoms with Crippen molar-refractivity contribution in [3.63, 3.8) is 0 Å². The minimum Gasteiger partial charge on any atom is -0.372 e. The molecule has 15 heteroatoms. The van der Waals surface area contributed by atoms with Gasteiger partial charge in [-0.05, 0) is 97.8 Å². The Kier molecular flexibility index (Phi) is 11.0. The molecular formula is C47H53N11O4. The Bertz CT molecular complexity index is 2600. The molecule has 0 saturated carbocycles. The predicted molar refractivity (Wildman–Crippen MR) is 239 cm³/mol. The van der Waals surface area contributed by atoms with Crippen molar-refractivity contribution >= 4 is 45.9 Å². The minimum atomic E-state index is -0.406. The summed E-state index contributed by atoms with van der Waals surface area (Å²) in [5, 5.41) is 18.0. The van der Waals surface area contributed by atoms with E-state index in [0.29, 0.717) is 17.4 Å². The van der Waals surface area contributed by atoms with Crippen LogP contribution in [0, 0.1) is 12.8 Å². The summed E-state index contributed by atoms with van der Waals surface area (Å²) in [5.41, 5.74) is 9.47. The lowest BCUT2D eigenvalue weighted by Crippen LogP contribution is -2.49. The van der Waals surface area contributed by atoms with Crippen LogP contribution >= 0.6 is 0 Å². The average molecular weight is 836 g/mol. The molecule has 6 aromatic rings. The number of rotatable bonds is 10. The van der Waals surface area contributed by atoms with E-state index in [1.165, 1.54) is 10.6 Å². The van der Waals surface area contributed by atoms with Crippen LogP contribution in [-0.4, -0.2) is 100 Å². The molecule has 3 aromatic carbocycles. The number of aromatic nitrogens is 5. The maximum Gasteiger partial charge on any atom is 0.329 e. The Morgan fingerprint density at radius 2 is 1.52 bits per heavy atom. The van der Waals surface area contributed by atoms with Crippen molar-refractivity contribution in [2.45, 2.75) is 58.9 Å². The molecule has 0 spiro atoms. The second-order valence-electron chi connectivity index (χ2n) is 17.9. The molecule has 1 atom stereocenters. The largest absolute Gasteiger partial charge is 0.372 e. The summed E-state index contributed by atoms with van der Waals surface area (Å²) in [4.78, 5) is 54.6. The molecule has 0 radical (unpaired) electrons. The van der Waals surface area contributed by atoms with E-state index >= 15 is 0 Å². The SMILES string of the molecule is Cc1cc(-c2[nH]nc3ncc(-c4ccc(N5CCN(CC6CCN(c7ccc(N8CC(=O)NC8=O)cc7)CC6)CC5)cc4)cc23)ccc1C(C)NC(=O)c1nc(C(C)(C)C)no1. The van der Waals surface area contributed by atoms with Crippen LogP contribution in [0.15, 0.2) is 83.5 Å². The van der Waals surface area contributed by atoms with Crippen molar-refractivity contribution in [3.8, 4) is 22.4 Å². The van der Waals surface area contributed by atoms with E-state index in [1.54, 1.807) is 0 Å². The van der Waals surface area contributed by atoms with Crippen molar-refractivity contribution in [3.05, 3.63) is 102 Å². The Labute approximate surface area is 360 Å². The number of carbonyl (C=O) groups is 3. The number of imide groups is 1. The van der Waals surface area contributed by atoms with Crippen LogP contribution in [0.5, 0.6) is 0 Å². The zero-order valence-corrected chi connectivity index (χ0v) is 35.9. The van der Waals surface area contributed by atoms with Crippen LogP contribution in [0.4, 0.5) is 21.9 Å². The van der Waals surface area contributed by atoms with Gasteiger partial charge in [-0.2, -0.15) is 10.1 Å². The van der Waals surface area contributed by atoms with E-state index in [4.69, 9.17) is 9.51 Å². The van der Waals surface area contributed by atoms with Gasteiger partial charge in [-0.25, -0.2) is 9.78 Å². The first-order valence-electron chi connectivity index (χ1n) is 21.5. The number of piperidine rings is 1. The number of carbonyl (C=O) groups excluding carboxylic acids is 3. The normalized spacial score (nSPS) is 17.2. The molecule has 3 fully saturated rings. The number of anilines is 3. The highest BCUT2D eigenvalue weighted by atomic mass is 16.5. The molecule has 320 valence electrons. The number of hydrogen-bond donors (Lipinski definition) is 3. The molecule has 0 bridgehead atoms. The summed E-state index contributed by atoms with van der Waals surface area (Å²) in [6.07, 6.45) is 4.19. The highest BCUT2D eigenvalue weighted by molar-refractivity contribution is 6.12. The topological polar surface area (TPSA) is 169 Å². The Morgan fingerprint density at radius 1 is 0.855 bits per heavy atom. The lowest BCUT2D eigenvalue weighted by Gasteiger charge is -2.40. The number of aryl methyl sites for hydroxylation is 1. The zero-order valence-electron chi connectivity index (χ0n) is 35.9. The molecule has 3 aromatic heterocycles. The van der Waals surface area contributed by atoms with Gasteiger partial charge in [-0.3, -0.25) is 29.8 Å². The van der Waals surface area contributed by atoms with Crippen molar-refractivity contribution in [1.82, 2.24) is 40.9 Å². The van der Waals surface area contributed by atoms with Gasteiger partial charge >= 0.3 is 17.8 Å². The molecule has 3 N–H and O–H groups in total. The molecule has 6 heterocycles. The van der Waals surface area contributed by atoms with E-state index < -0.39 is 5.91 Å². The number of hydrogen-bond acceptors (Lipinski definition) is 11. The van der Waals surface area contributed by atoms with Crippen LogP contribution in [-0.2, 0) is 10.2 Å². The van der Waals surface area contributed by atoms with Gasteiger partial charge in [0.15, 0.2) is 11.5 Å². The van der Waals surface area contributed by atoms with E-state index in [2.05, 4.69) is 94.2 Å². The lowest BCUT2D eigenvalue weighted by molar-refractivity contribution is -0.117. The standard InChI is InChI=1S/C47H53N11O4/c1-29-24-33(8-15-38(29)30(2)49-43(60)44-51-45(54-62-44)47(3,4)5)41-39-25-34(26-48-42(39)53-52-41)32-6-9-35(10-7-32)57-22-20-55(21-23-57)27-31-16-18-56(19-17-31)36-11-13-37(14-12-36)58-28-40(59)50-46(58)61/h6-15,24-26,30-31H,16-23,27-28H2,1-5H3,(H,49,60)(H,48,52,53)(H,50,59,61). The van der Waals surface area contributed by atoms with Crippen molar-refractivity contribution in [2.75, 3.05) is 67.1 Å². The summed E-state index contributed by atoms with van der Waals surface area (Å²) in [6, 6.07) is 24.5. The fraction of sp³-hybridized carbons (Fsp3) is 0.383. The third-order valence-corrected chi connectivity index (χ3v) is 12.5. The Morgan fingerprint density at radius 3 is 2.16 bits per heavy atom. The highest BCUT2D eigenvalue weighted by Gasteiger charge is 2.29. The van der Waals surface area contributed by atoms with Crippen LogP contribution in [0.2, 0.25) is 0 Å². The van der Waals surface area contributed by atoms with Crippen molar-refractivity contribution in [2.24, 2.45) is 5.92 Å². The third kappa shape index (κ3) is 8.49. The van der Waals surface area contributed by atoms with Gasteiger partial charge in [0.05, 0.1) is 11.7 Å². The first-order chi connectivity index (χ1) is 29.9. The molecule has 0 aliphatic carbocycles. The molecule has 4 amide bonds. The summed E-state index contributed by atoms with van der Waals surface area (Å²) in [7, 11) is 0. The monoisotopic (exact) mass is 835 g/mol. The van der Waals surface area contributed by atoms with Crippen LogP contribution < -0.4 is 25.3 Å². The number of pyridine rings is 1. The van der Waals surface area contributed by atoms with Gasteiger partial charge in [-0.1, -0.05) is 50.2 Å². The number of aromatic amines is 1. The number of nitrogens with one attached hydrogen (secondary N) is 3. The summed E-state index contributed by atoms with van der Waals surface area (Å²) >= 11 is 0. The van der Waals surface area contributed by atoms with E-state index in [1.807, 2.05) is 65.1 Å². The summed E-state index contributed by atoms with van der Waals surface area (Å²) in [6.45, 7) is 17.2. The van der Waals surface area contributed by atoms with Crippen LogP contribution in [0.3, 0.4) is 0 Å². The van der Waals surface area contributed by atoms with Gasteiger partial charge in [0.25, 0.3) is 0 Å². The van der Waals surface area contributed by atoms with Crippen molar-refractivity contribution in [1.29, 1.82) is 0 Å². The summed E-state index contributed by atoms with van der Waals surface area (Å²) in [5.74, 6) is 0.448. The Balaban J connectivity index is 0.773. The van der Waals surface area contributed by atoms with E-state index in [0.717, 1.165) is 109 Å². The first-order valence-corrected chi connectivity index (χ1v) is 21.5. The van der Waals surface area contributed by atoms with E-state index in [-0.39, 0.29) is 35.8 Å². The quantitative estimate of drug-likeness (QED) is 0.123. The maximum absolute atomic E-state index is 12.9. The number of fused-ring (bicyclic) bond motifs is 1. The summed E-state index contributed by atoms with van der Waals surface area (Å²) < 4.78 is 5.25. The van der Waals surface area contributed by atoms with Crippen LogP contribution in [0.1, 0.15) is 74.2 Å². The molecule has 3 aliphatic rings. The first kappa shape index (κ1) is 40.8. The number of piperazine rings is 1. The number of amides is 4. The van der Waals surface area contributed by atoms with Gasteiger partial charge in [0, 0.05) is 91.0 Å². The molecule has 9 rings (SSSR count). The Hall–Kier alpha value is -6.61. The number of urea groups is 1. The van der Waals surface area contributed by atoms with Crippen molar-refractivity contribution < 1.29 is 18.9 Å². The lowest BCUT2D eigenvalue weighted by atomic mass is 9.95.